The number of hydrogen-bond acceptors (Lipinski definition) is 7. The number of methoxy groups -OCH3 is 3. The number of fused-ring (bicyclic) bond motifs is 1. The van der Waals surface area contributed by atoms with Gasteiger partial charge in [0.2, 0.25) is 11.7 Å². The zero-order valence-electron chi connectivity index (χ0n) is 19.7. The first-order valence-corrected chi connectivity index (χ1v) is 11.6. The summed E-state index contributed by atoms with van der Waals surface area (Å²) in [6.07, 6.45) is 3.37. The third-order valence-electron chi connectivity index (χ3n) is 5.79. The van der Waals surface area contributed by atoms with Crippen molar-refractivity contribution in [1.29, 1.82) is 0 Å². The van der Waals surface area contributed by atoms with E-state index >= 15 is 0 Å². The number of aromatic nitrogens is 1. The predicted octanol–water partition coefficient (Wildman–Crippen LogP) is 4.30. The van der Waals surface area contributed by atoms with Crippen molar-refractivity contribution in [2.24, 2.45) is 0 Å². The van der Waals surface area contributed by atoms with Crippen LogP contribution in [0.4, 0.5) is 5.13 Å². The van der Waals surface area contributed by atoms with Crippen molar-refractivity contribution in [3.63, 3.8) is 0 Å². The molecule has 1 saturated heterocycles. The van der Waals surface area contributed by atoms with Crippen LogP contribution >= 0.6 is 11.3 Å². The molecule has 33 heavy (non-hydrogen) atoms. The van der Waals surface area contributed by atoms with E-state index in [0.717, 1.165) is 29.3 Å². The Balaban J connectivity index is 1.42. The summed E-state index contributed by atoms with van der Waals surface area (Å²) in [6.45, 7) is 7.07. The molecule has 0 saturated carbocycles. The average Bonchev–Trinajstić information content (AvgIpc) is 3.26. The molecule has 1 aliphatic rings. The van der Waals surface area contributed by atoms with Crippen molar-refractivity contribution in [2.75, 3.05) is 52.4 Å². The topological polar surface area (TPSA) is 64.1 Å². The zero-order valence-corrected chi connectivity index (χ0v) is 20.5. The molecule has 0 atom stereocenters. The molecule has 1 aliphatic heterocycles. The van der Waals surface area contributed by atoms with Crippen molar-refractivity contribution < 1.29 is 19.0 Å². The Labute approximate surface area is 198 Å². The molecule has 2 aromatic carbocycles. The maximum Gasteiger partial charge on any atom is 0.246 e. The normalized spacial score (nSPS) is 14.2. The Kier molecular flexibility index (Phi) is 6.74. The summed E-state index contributed by atoms with van der Waals surface area (Å²) in [6, 6.07) is 8.00. The van der Waals surface area contributed by atoms with E-state index in [0.29, 0.717) is 30.3 Å². The molecule has 174 valence electrons. The van der Waals surface area contributed by atoms with E-state index in [9.17, 15) is 4.79 Å². The summed E-state index contributed by atoms with van der Waals surface area (Å²) in [7, 11) is 4.71. The Morgan fingerprint density at radius 2 is 1.64 bits per heavy atom. The van der Waals surface area contributed by atoms with Crippen LogP contribution in [0.2, 0.25) is 0 Å². The number of thiazole rings is 1. The first-order chi connectivity index (χ1) is 15.9. The van der Waals surface area contributed by atoms with Crippen molar-refractivity contribution in [3.8, 4) is 17.2 Å². The third-order valence-corrected chi connectivity index (χ3v) is 6.85. The molecular formula is C25H29N3O4S. The van der Waals surface area contributed by atoms with Crippen molar-refractivity contribution in [2.45, 2.75) is 13.8 Å². The molecular weight excluding hydrogens is 438 g/mol. The van der Waals surface area contributed by atoms with Gasteiger partial charge in [-0.25, -0.2) is 4.98 Å². The first-order valence-electron chi connectivity index (χ1n) is 10.8. The summed E-state index contributed by atoms with van der Waals surface area (Å²) in [5, 5.41) is 1.03. The third kappa shape index (κ3) is 4.75. The standard InChI is InChI=1S/C25H29N3O4S/c1-16-12-17(2)23-21(13-16)33-25(26-23)28-10-8-27(9-11-28)22(29)7-6-18-14-19(30-3)24(32-5)20(15-18)31-4/h6-7,12-15H,8-11H2,1-5H3/b7-6-. The van der Waals surface area contributed by atoms with Gasteiger partial charge < -0.3 is 24.0 Å². The number of nitrogens with zero attached hydrogens (tertiary/aromatic N) is 3. The fourth-order valence-electron chi connectivity index (χ4n) is 4.08. The number of anilines is 1. The van der Waals surface area contributed by atoms with Crippen LogP contribution in [0.25, 0.3) is 16.3 Å². The van der Waals surface area contributed by atoms with Gasteiger partial charge in [0.05, 0.1) is 31.5 Å². The molecule has 0 aliphatic carbocycles. The monoisotopic (exact) mass is 467 g/mol. The predicted molar refractivity (Wildman–Crippen MR) is 133 cm³/mol. The lowest BCUT2D eigenvalue weighted by Gasteiger charge is -2.34. The highest BCUT2D eigenvalue weighted by molar-refractivity contribution is 7.22. The van der Waals surface area contributed by atoms with Crippen LogP contribution in [0.3, 0.4) is 0 Å². The van der Waals surface area contributed by atoms with Crippen molar-refractivity contribution in [1.82, 2.24) is 9.88 Å². The fourth-order valence-corrected chi connectivity index (χ4v) is 5.28. The smallest absolute Gasteiger partial charge is 0.246 e. The number of piperazine rings is 1. The van der Waals surface area contributed by atoms with E-state index in [1.54, 1.807) is 44.8 Å². The Bertz CT molecular complexity index is 1170. The largest absolute Gasteiger partial charge is 0.493 e. The van der Waals surface area contributed by atoms with E-state index < -0.39 is 0 Å². The van der Waals surface area contributed by atoms with Gasteiger partial charge in [0, 0.05) is 32.3 Å². The van der Waals surface area contributed by atoms with Crippen LogP contribution in [0, 0.1) is 13.8 Å². The number of carbonyl (C=O) groups excluding carboxylic acids is 1. The second kappa shape index (κ2) is 9.70. The molecule has 4 rings (SSSR count). The molecule has 0 radical (unpaired) electrons. The lowest BCUT2D eigenvalue weighted by atomic mass is 10.1. The van der Waals surface area contributed by atoms with Gasteiger partial charge in [-0.1, -0.05) is 17.4 Å². The zero-order chi connectivity index (χ0) is 23.5. The maximum absolute atomic E-state index is 12.8. The molecule has 2 heterocycles. The summed E-state index contributed by atoms with van der Waals surface area (Å²) in [5.74, 6) is 1.62. The number of rotatable bonds is 6. The summed E-state index contributed by atoms with van der Waals surface area (Å²) >= 11 is 1.72. The first kappa shape index (κ1) is 22.9. The number of hydrogen-bond donors (Lipinski definition) is 0. The van der Waals surface area contributed by atoms with E-state index in [1.807, 2.05) is 17.0 Å². The molecule has 1 aromatic heterocycles. The van der Waals surface area contributed by atoms with E-state index in [-0.39, 0.29) is 5.91 Å². The van der Waals surface area contributed by atoms with Crippen LogP contribution in [-0.4, -0.2) is 63.3 Å². The van der Waals surface area contributed by atoms with Crippen molar-refractivity contribution >= 4 is 38.7 Å². The molecule has 7 nitrogen and oxygen atoms in total. The second-order valence-corrected chi connectivity index (χ2v) is 9.04. The van der Waals surface area contributed by atoms with E-state index in [4.69, 9.17) is 19.2 Å². The fraction of sp³-hybridized carbons (Fsp3) is 0.360. The van der Waals surface area contributed by atoms with Gasteiger partial charge in [-0.05, 0) is 54.8 Å². The minimum absolute atomic E-state index is 0.0147. The molecule has 1 fully saturated rings. The van der Waals surface area contributed by atoms with Gasteiger partial charge in [0.25, 0.3) is 0 Å². The van der Waals surface area contributed by atoms with Gasteiger partial charge in [0.1, 0.15) is 0 Å². The highest BCUT2D eigenvalue weighted by Crippen LogP contribution is 2.38. The summed E-state index contributed by atoms with van der Waals surface area (Å²) < 4.78 is 17.3. The van der Waals surface area contributed by atoms with E-state index in [1.165, 1.54) is 15.8 Å². The lowest BCUT2D eigenvalue weighted by molar-refractivity contribution is -0.126. The highest BCUT2D eigenvalue weighted by atomic mass is 32.1. The Morgan fingerprint density at radius 3 is 2.24 bits per heavy atom. The van der Waals surface area contributed by atoms with Gasteiger partial charge in [-0.15, -0.1) is 0 Å². The number of benzene rings is 2. The molecule has 0 spiro atoms. The molecule has 3 aromatic rings. The molecule has 0 bridgehead atoms. The van der Waals surface area contributed by atoms with Crippen LogP contribution in [0.1, 0.15) is 16.7 Å². The number of carbonyl (C=O) groups is 1. The average molecular weight is 468 g/mol. The molecule has 8 heteroatoms. The minimum Gasteiger partial charge on any atom is -0.493 e. The van der Waals surface area contributed by atoms with Crippen molar-refractivity contribution in [3.05, 3.63) is 47.0 Å². The molecule has 0 unspecified atom stereocenters. The van der Waals surface area contributed by atoms with Gasteiger partial charge in [0.15, 0.2) is 16.6 Å². The van der Waals surface area contributed by atoms with Crippen LogP contribution in [-0.2, 0) is 4.79 Å². The summed E-state index contributed by atoms with van der Waals surface area (Å²) in [5.41, 5.74) is 4.34. The highest BCUT2D eigenvalue weighted by Gasteiger charge is 2.22. The number of ether oxygens (including phenoxy) is 3. The maximum atomic E-state index is 12.8. The van der Waals surface area contributed by atoms with Crippen LogP contribution in [0.5, 0.6) is 17.2 Å². The second-order valence-electron chi connectivity index (χ2n) is 8.03. The number of aryl methyl sites for hydroxylation is 2. The van der Waals surface area contributed by atoms with E-state index in [2.05, 4.69) is 30.9 Å². The SMILES string of the molecule is COc1cc(/C=C\C(=O)N2CCN(c3nc4c(C)cc(C)cc4s3)CC2)cc(OC)c1OC. The van der Waals surface area contributed by atoms with Crippen LogP contribution < -0.4 is 19.1 Å². The van der Waals surface area contributed by atoms with Gasteiger partial charge in [-0.2, -0.15) is 0 Å². The van der Waals surface area contributed by atoms with Crippen LogP contribution in [0.15, 0.2) is 30.3 Å². The quantitative estimate of drug-likeness (QED) is 0.504. The lowest BCUT2D eigenvalue weighted by Crippen LogP contribution is -2.48. The van der Waals surface area contributed by atoms with Gasteiger partial charge in [-0.3, -0.25) is 4.79 Å². The minimum atomic E-state index is -0.0147. The summed E-state index contributed by atoms with van der Waals surface area (Å²) in [4.78, 5) is 21.8. The number of amides is 1. The molecule has 0 N–H and O–H groups in total. The molecule has 1 amide bonds. The Hall–Kier alpha value is -3.26. The Morgan fingerprint density at radius 1 is 0.970 bits per heavy atom. The van der Waals surface area contributed by atoms with Gasteiger partial charge >= 0.3 is 0 Å².